The largest absolute Gasteiger partial charge is 0.496 e. The molecule has 3 rings (SSSR count). The maximum atomic E-state index is 12.6. The Bertz CT molecular complexity index is 769. The van der Waals surface area contributed by atoms with Crippen molar-refractivity contribution in [2.75, 3.05) is 33.4 Å². The number of imide groups is 1. The number of methoxy groups -OCH3 is 1. The van der Waals surface area contributed by atoms with Gasteiger partial charge in [0.1, 0.15) is 5.75 Å². The molecule has 0 N–H and O–H groups in total. The van der Waals surface area contributed by atoms with Crippen LogP contribution in [0.2, 0.25) is 0 Å². The highest BCUT2D eigenvalue weighted by Gasteiger charge is 2.41. The third-order valence-corrected chi connectivity index (χ3v) is 6.04. The summed E-state index contributed by atoms with van der Waals surface area (Å²) in [6, 6.07) is 4.71. The second kappa shape index (κ2) is 6.06. The number of sulfonamides is 1. The zero-order valence-electron chi connectivity index (χ0n) is 13.4. The molecule has 24 heavy (non-hydrogen) atoms. The van der Waals surface area contributed by atoms with Gasteiger partial charge in [-0.1, -0.05) is 0 Å². The zero-order valence-corrected chi connectivity index (χ0v) is 14.2. The molecule has 0 atom stereocenters. The fourth-order valence-corrected chi connectivity index (χ4v) is 4.49. The van der Waals surface area contributed by atoms with Crippen LogP contribution in [0.1, 0.15) is 5.56 Å². The summed E-state index contributed by atoms with van der Waals surface area (Å²) in [7, 11) is -2.06. The van der Waals surface area contributed by atoms with Crippen LogP contribution in [0.3, 0.4) is 0 Å². The zero-order chi connectivity index (χ0) is 17.5. The lowest BCUT2D eigenvalue weighted by molar-refractivity contribution is -0.126. The third-order valence-electron chi connectivity index (χ3n) is 4.21. The molecule has 2 saturated heterocycles. The smallest absolute Gasteiger partial charge is 0.417 e. The van der Waals surface area contributed by atoms with E-state index in [0.717, 1.165) is 10.5 Å². The molecule has 2 fully saturated rings. The maximum absolute atomic E-state index is 12.6. The number of hydrogen-bond donors (Lipinski definition) is 0. The van der Waals surface area contributed by atoms with Gasteiger partial charge < -0.3 is 9.47 Å². The molecule has 0 saturated carbocycles. The summed E-state index contributed by atoms with van der Waals surface area (Å²) in [5, 5.41) is 0. The average Bonchev–Trinajstić information content (AvgIpc) is 2.81. The second-order valence-electron chi connectivity index (χ2n) is 5.88. The number of aryl methyl sites for hydroxylation is 1. The third kappa shape index (κ3) is 2.84. The highest BCUT2D eigenvalue weighted by molar-refractivity contribution is 7.89. The number of ether oxygens (including phenoxy) is 2. The van der Waals surface area contributed by atoms with Crippen molar-refractivity contribution in [3.05, 3.63) is 23.8 Å². The molecule has 0 aromatic heterocycles. The molecule has 8 nitrogen and oxygen atoms in total. The molecule has 0 bridgehead atoms. The molecule has 0 aliphatic carbocycles. The van der Waals surface area contributed by atoms with Crippen LogP contribution < -0.4 is 4.74 Å². The van der Waals surface area contributed by atoms with Crippen molar-refractivity contribution in [3.8, 4) is 5.75 Å². The first-order valence-electron chi connectivity index (χ1n) is 7.45. The Kier molecular flexibility index (Phi) is 4.22. The van der Waals surface area contributed by atoms with Crippen LogP contribution in [0, 0.1) is 12.8 Å². The predicted molar refractivity (Wildman–Crippen MR) is 83.0 cm³/mol. The Morgan fingerprint density at radius 1 is 1.29 bits per heavy atom. The van der Waals surface area contributed by atoms with E-state index in [1.165, 1.54) is 17.5 Å². The van der Waals surface area contributed by atoms with Crippen molar-refractivity contribution in [2.45, 2.75) is 11.8 Å². The van der Waals surface area contributed by atoms with Gasteiger partial charge in [0.15, 0.2) is 6.61 Å². The first-order valence-corrected chi connectivity index (χ1v) is 8.89. The van der Waals surface area contributed by atoms with E-state index in [9.17, 15) is 18.0 Å². The van der Waals surface area contributed by atoms with Crippen LogP contribution in [0.4, 0.5) is 4.79 Å². The molecular weight excluding hydrogens is 336 g/mol. The minimum Gasteiger partial charge on any atom is -0.496 e. The van der Waals surface area contributed by atoms with Crippen molar-refractivity contribution in [1.82, 2.24) is 9.21 Å². The van der Waals surface area contributed by atoms with E-state index in [1.807, 2.05) is 0 Å². The van der Waals surface area contributed by atoms with Crippen molar-refractivity contribution in [3.63, 3.8) is 0 Å². The molecule has 1 aromatic rings. The summed E-state index contributed by atoms with van der Waals surface area (Å²) in [4.78, 5) is 24.1. The number of carbonyl (C=O) groups excluding carboxylic acids is 2. The van der Waals surface area contributed by atoms with E-state index in [-0.39, 0.29) is 43.0 Å². The molecule has 2 heterocycles. The molecule has 2 amide bonds. The number of amides is 2. The summed E-state index contributed by atoms with van der Waals surface area (Å²) in [5.41, 5.74) is 0.737. The molecule has 130 valence electrons. The summed E-state index contributed by atoms with van der Waals surface area (Å²) in [6.07, 6.45) is -0.660. The minimum absolute atomic E-state index is 0.0753. The Labute approximate surface area is 140 Å². The van der Waals surface area contributed by atoms with Gasteiger partial charge in [-0.2, -0.15) is 4.31 Å². The second-order valence-corrected chi connectivity index (χ2v) is 7.82. The van der Waals surface area contributed by atoms with Gasteiger partial charge in [-0.3, -0.25) is 4.79 Å². The molecule has 2 aliphatic heterocycles. The van der Waals surface area contributed by atoms with Gasteiger partial charge in [-0.15, -0.1) is 0 Å². The van der Waals surface area contributed by atoms with E-state index in [2.05, 4.69) is 4.74 Å². The van der Waals surface area contributed by atoms with Gasteiger partial charge in [0, 0.05) is 25.6 Å². The van der Waals surface area contributed by atoms with Crippen LogP contribution >= 0.6 is 0 Å². The lowest BCUT2D eigenvalue weighted by Gasteiger charge is -2.39. The molecule has 0 radical (unpaired) electrons. The van der Waals surface area contributed by atoms with Crippen molar-refractivity contribution in [1.29, 1.82) is 0 Å². The van der Waals surface area contributed by atoms with E-state index >= 15 is 0 Å². The molecular formula is C15H18N2O6S. The predicted octanol–water partition coefficient (Wildman–Crippen LogP) is 0.603. The number of hydrogen-bond acceptors (Lipinski definition) is 6. The van der Waals surface area contributed by atoms with Gasteiger partial charge in [0.25, 0.3) is 5.91 Å². The number of cyclic esters (lactones) is 1. The molecule has 1 aromatic carbocycles. The maximum Gasteiger partial charge on any atom is 0.417 e. The Hall–Kier alpha value is -2.13. The van der Waals surface area contributed by atoms with Gasteiger partial charge in [0.2, 0.25) is 10.0 Å². The van der Waals surface area contributed by atoms with E-state index in [0.29, 0.717) is 5.75 Å². The van der Waals surface area contributed by atoms with Crippen molar-refractivity contribution < 1.29 is 27.5 Å². The number of carbonyl (C=O) groups is 2. The lowest BCUT2D eigenvalue weighted by Crippen LogP contribution is -2.54. The van der Waals surface area contributed by atoms with Crippen molar-refractivity contribution in [2.24, 2.45) is 5.92 Å². The summed E-state index contributed by atoms with van der Waals surface area (Å²) in [6.45, 7) is 2.26. The van der Waals surface area contributed by atoms with Gasteiger partial charge in [-0.05, 0) is 30.7 Å². The average molecular weight is 354 g/mol. The highest BCUT2D eigenvalue weighted by atomic mass is 32.2. The number of nitrogens with zero attached hydrogens (tertiary/aromatic N) is 2. The Balaban J connectivity index is 1.65. The van der Waals surface area contributed by atoms with Crippen LogP contribution in [-0.2, 0) is 19.6 Å². The molecule has 2 aliphatic rings. The fourth-order valence-electron chi connectivity index (χ4n) is 2.81. The molecule has 0 unspecified atom stereocenters. The van der Waals surface area contributed by atoms with Gasteiger partial charge in [-0.25, -0.2) is 18.1 Å². The Morgan fingerprint density at radius 2 is 2.00 bits per heavy atom. The Morgan fingerprint density at radius 3 is 2.54 bits per heavy atom. The van der Waals surface area contributed by atoms with Crippen LogP contribution in [0.15, 0.2) is 23.1 Å². The topological polar surface area (TPSA) is 93.2 Å². The standard InChI is InChI=1S/C15H18N2O6S/c1-10-5-12(3-4-13(10)22-2)24(20,21)16-6-11(7-16)8-17-14(18)9-23-15(17)19/h3-5,11H,6-9H2,1-2H3. The van der Waals surface area contributed by atoms with Gasteiger partial charge >= 0.3 is 6.09 Å². The first kappa shape index (κ1) is 16.7. The SMILES string of the molecule is COc1ccc(S(=O)(=O)N2CC(CN3C(=O)COC3=O)C2)cc1C. The highest BCUT2D eigenvalue weighted by Crippen LogP contribution is 2.29. The van der Waals surface area contributed by atoms with E-state index in [4.69, 9.17) is 4.74 Å². The lowest BCUT2D eigenvalue weighted by atomic mass is 10.0. The number of benzene rings is 1. The monoisotopic (exact) mass is 354 g/mol. The molecule has 0 spiro atoms. The number of rotatable bonds is 5. The first-order chi connectivity index (χ1) is 11.3. The van der Waals surface area contributed by atoms with Crippen LogP contribution in [-0.4, -0.2) is 63.0 Å². The fraction of sp³-hybridized carbons (Fsp3) is 0.467. The van der Waals surface area contributed by atoms with E-state index in [1.54, 1.807) is 19.1 Å². The quantitative estimate of drug-likeness (QED) is 0.769. The van der Waals surface area contributed by atoms with Crippen LogP contribution in [0.25, 0.3) is 0 Å². The summed E-state index contributed by atoms with van der Waals surface area (Å²) in [5.74, 6) is 0.169. The van der Waals surface area contributed by atoms with Crippen molar-refractivity contribution >= 4 is 22.0 Å². The minimum atomic E-state index is -3.59. The van der Waals surface area contributed by atoms with Gasteiger partial charge in [0.05, 0.1) is 12.0 Å². The summed E-state index contributed by atoms with van der Waals surface area (Å²) < 4.78 is 36.3. The van der Waals surface area contributed by atoms with E-state index < -0.39 is 16.1 Å². The normalized spacial score (nSPS) is 19.3. The van der Waals surface area contributed by atoms with Crippen LogP contribution in [0.5, 0.6) is 5.75 Å². The summed E-state index contributed by atoms with van der Waals surface area (Å²) >= 11 is 0. The molecule has 9 heteroatoms.